The van der Waals surface area contributed by atoms with Crippen molar-refractivity contribution in [1.82, 2.24) is 4.90 Å². The van der Waals surface area contributed by atoms with Crippen molar-refractivity contribution in [3.8, 4) is 6.07 Å². The number of halogens is 1. The second kappa shape index (κ2) is 5.12. The van der Waals surface area contributed by atoms with Gasteiger partial charge in [-0.05, 0) is 25.0 Å². The van der Waals surface area contributed by atoms with Crippen molar-refractivity contribution in [2.24, 2.45) is 5.92 Å². The minimum absolute atomic E-state index is 0.0921. The second-order valence-corrected chi connectivity index (χ2v) is 5.33. The monoisotopic (exact) mass is 273 g/mol. The van der Waals surface area contributed by atoms with Crippen LogP contribution >= 0.6 is 0 Å². The summed E-state index contributed by atoms with van der Waals surface area (Å²) in [6, 6.07) is 6.61. The summed E-state index contributed by atoms with van der Waals surface area (Å²) >= 11 is 0. The second-order valence-electron chi connectivity index (χ2n) is 5.33. The molecule has 1 aromatic rings. The molecule has 0 N–H and O–H groups in total. The van der Waals surface area contributed by atoms with Gasteiger partial charge in [-0.25, -0.2) is 4.39 Å². The van der Waals surface area contributed by atoms with Crippen LogP contribution in [0.4, 0.5) is 10.1 Å². The molecule has 20 heavy (non-hydrogen) atoms. The Balaban J connectivity index is 1.70. The first-order valence-electron chi connectivity index (χ1n) is 6.93. The van der Waals surface area contributed by atoms with E-state index in [1.807, 2.05) is 15.9 Å². The SMILES string of the molecule is N#Cc1c(F)cccc1N1CCN(C(=O)C2CC2)CC1. The summed E-state index contributed by atoms with van der Waals surface area (Å²) in [4.78, 5) is 15.8. The van der Waals surface area contributed by atoms with Gasteiger partial charge in [0.2, 0.25) is 5.91 Å². The number of benzene rings is 1. The molecular weight excluding hydrogens is 257 g/mol. The molecular formula is C15H16FN3O. The maximum absolute atomic E-state index is 13.6. The van der Waals surface area contributed by atoms with Crippen LogP contribution in [0.15, 0.2) is 18.2 Å². The minimum Gasteiger partial charge on any atom is -0.367 e. The molecule has 1 aliphatic heterocycles. The van der Waals surface area contributed by atoms with Gasteiger partial charge < -0.3 is 9.80 Å². The van der Waals surface area contributed by atoms with Crippen LogP contribution in [-0.4, -0.2) is 37.0 Å². The van der Waals surface area contributed by atoms with Crippen LogP contribution in [0.5, 0.6) is 0 Å². The lowest BCUT2D eigenvalue weighted by atomic mass is 10.1. The van der Waals surface area contributed by atoms with E-state index in [0.717, 1.165) is 12.8 Å². The Hall–Kier alpha value is -2.09. The largest absolute Gasteiger partial charge is 0.367 e. The quantitative estimate of drug-likeness (QED) is 0.825. The summed E-state index contributed by atoms with van der Waals surface area (Å²) in [6.07, 6.45) is 2.03. The zero-order valence-corrected chi connectivity index (χ0v) is 11.2. The number of hydrogen-bond donors (Lipinski definition) is 0. The van der Waals surface area contributed by atoms with Crippen LogP contribution in [0.2, 0.25) is 0 Å². The number of piperazine rings is 1. The van der Waals surface area contributed by atoms with E-state index in [1.165, 1.54) is 6.07 Å². The van der Waals surface area contributed by atoms with E-state index in [9.17, 15) is 9.18 Å². The van der Waals surface area contributed by atoms with Crippen LogP contribution in [0.25, 0.3) is 0 Å². The zero-order chi connectivity index (χ0) is 14.1. The van der Waals surface area contributed by atoms with Crippen LogP contribution in [-0.2, 0) is 4.79 Å². The molecule has 1 aliphatic carbocycles. The van der Waals surface area contributed by atoms with E-state index in [1.54, 1.807) is 12.1 Å². The standard InChI is InChI=1S/C15H16FN3O/c16-13-2-1-3-14(12(13)10-17)18-6-8-19(9-7-18)15(20)11-4-5-11/h1-3,11H,4-9H2. The highest BCUT2D eigenvalue weighted by molar-refractivity contribution is 5.81. The molecule has 3 rings (SSSR count). The Morgan fingerprint density at radius 1 is 1.25 bits per heavy atom. The fourth-order valence-corrected chi connectivity index (χ4v) is 2.64. The maximum Gasteiger partial charge on any atom is 0.225 e. The molecule has 1 saturated carbocycles. The Morgan fingerprint density at radius 2 is 1.95 bits per heavy atom. The van der Waals surface area contributed by atoms with Crippen LogP contribution in [0.3, 0.4) is 0 Å². The molecule has 1 saturated heterocycles. The zero-order valence-electron chi connectivity index (χ0n) is 11.2. The predicted molar refractivity (Wildman–Crippen MR) is 72.6 cm³/mol. The molecule has 1 amide bonds. The van der Waals surface area contributed by atoms with Crippen LogP contribution < -0.4 is 4.90 Å². The van der Waals surface area contributed by atoms with E-state index >= 15 is 0 Å². The van der Waals surface area contributed by atoms with Crippen molar-refractivity contribution in [2.75, 3.05) is 31.1 Å². The number of carbonyl (C=O) groups excluding carboxylic acids is 1. The molecule has 1 heterocycles. The molecule has 104 valence electrons. The van der Waals surface area contributed by atoms with Gasteiger partial charge >= 0.3 is 0 Å². The number of nitrogens with zero attached hydrogens (tertiary/aromatic N) is 3. The molecule has 0 unspecified atom stereocenters. The summed E-state index contributed by atoms with van der Waals surface area (Å²) < 4.78 is 13.6. The van der Waals surface area contributed by atoms with Gasteiger partial charge in [0.15, 0.2) is 0 Å². The molecule has 4 nitrogen and oxygen atoms in total. The molecule has 0 aromatic heterocycles. The lowest BCUT2D eigenvalue weighted by Crippen LogP contribution is -2.49. The molecule has 0 bridgehead atoms. The lowest BCUT2D eigenvalue weighted by molar-refractivity contribution is -0.132. The fourth-order valence-electron chi connectivity index (χ4n) is 2.64. The van der Waals surface area contributed by atoms with Crippen molar-refractivity contribution in [2.45, 2.75) is 12.8 Å². The summed E-state index contributed by atoms with van der Waals surface area (Å²) in [5, 5.41) is 9.07. The average molecular weight is 273 g/mol. The highest BCUT2D eigenvalue weighted by Gasteiger charge is 2.34. The lowest BCUT2D eigenvalue weighted by Gasteiger charge is -2.36. The molecule has 2 fully saturated rings. The number of amides is 1. The Bertz CT molecular complexity index is 569. The molecule has 5 heteroatoms. The van der Waals surface area contributed by atoms with Gasteiger partial charge in [-0.1, -0.05) is 6.07 Å². The minimum atomic E-state index is -0.485. The molecule has 0 spiro atoms. The van der Waals surface area contributed by atoms with E-state index in [4.69, 9.17) is 5.26 Å². The van der Waals surface area contributed by atoms with Gasteiger partial charge in [-0.2, -0.15) is 5.26 Å². The first-order chi connectivity index (χ1) is 9.70. The third kappa shape index (κ3) is 2.34. The normalized spacial score (nSPS) is 18.8. The number of hydrogen-bond acceptors (Lipinski definition) is 3. The summed E-state index contributed by atoms with van der Waals surface area (Å²) in [5.74, 6) is 0.0104. The van der Waals surface area contributed by atoms with Crippen molar-refractivity contribution in [1.29, 1.82) is 5.26 Å². The molecule has 2 aliphatic rings. The molecule has 1 aromatic carbocycles. The Labute approximate surface area is 117 Å². The highest BCUT2D eigenvalue weighted by Crippen LogP contribution is 2.32. The van der Waals surface area contributed by atoms with E-state index in [0.29, 0.717) is 31.9 Å². The number of anilines is 1. The molecule has 0 atom stereocenters. The van der Waals surface area contributed by atoms with Crippen molar-refractivity contribution < 1.29 is 9.18 Å². The van der Waals surface area contributed by atoms with Crippen molar-refractivity contribution >= 4 is 11.6 Å². The highest BCUT2D eigenvalue weighted by atomic mass is 19.1. The predicted octanol–water partition coefficient (Wildman–Crippen LogP) is 1.76. The summed E-state index contributed by atoms with van der Waals surface area (Å²) in [6.45, 7) is 2.60. The number of nitriles is 1. The van der Waals surface area contributed by atoms with Crippen molar-refractivity contribution in [3.05, 3.63) is 29.6 Å². The third-order valence-corrected chi connectivity index (χ3v) is 3.96. The first kappa shape index (κ1) is 12.9. The van der Waals surface area contributed by atoms with Gasteiger partial charge in [0.25, 0.3) is 0 Å². The maximum atomic E-state index is 13.6. The van der Waals surface area contributed by atoms with E-state index in [2.05, 4.69) is 0 Å². The van der Waals surface area contributed by atoms with Gasteiger partial charge in [0, 0.05) is 32.1 Å². The van der Waals surface area contributed by atoms with Gasteiger partial charge in [-0.15, -0.1) is 0 Å². The smallest absolute Gasteiger partial charge is 0.225 e. The van der Waals surface area contributed by atoms with Gasteiger partial charge in [0.05, 0.1) is 5.69 Å². The molecule has 0 radical (unpaired) electrons. The van der Waals surface area contributed by atoms with Crippen LogP contribution in [0, 0.1) is 23.1 Å². The van der Waals surface area contributed by atoms with E-state index < -0.39 is 5.82 Å². The summed E-state index contributed by atoms with van der Waals surface area (Å²) in [7, 11) is 0. The Morgan fingerprint density at radius 3 is 2.55 bits per heavy atom. The topological polar surface area (TPSA) is 47.3 Å². The van der Waals surface area contributed by atoms with Gasteiger partial charge in [0.1, 0.15) is 17.4 Å². The van der Waals surface area contributed by atoms with Crippen LogP contribution in [0.1, 0.15) is 18.4 Å². The fraction of sp³-hybridized carbons (Fsp3) is 0.467. The van der Waals surface area contributed by atoms with E-state index in [-0.39, 0.29) is 17.4 Å². The summed E-state index contributed by atoms with van der Waals surface area (Å²) in [5.41, 5.74) is 0.723. The first-order valence-corrected chi connectivity index (χ1v) is 6.93. The van der Waals surface area contributed by atoms with Crippen molar-refractivity contribution in [3.63, 3.8) is 0 Å². The van der Waals surface area contributed by atoms with Gasteiger partial charge in [-0.3, -0.25) is 4.79 Å². The number of carbonyl (C=O) groups is 1. The average Bonchev–Trinajstić information content (AvgIpc) is 3.31. The Kier molecular flexibility index (Phi) is 3.31. The third-order valence-electron chi connectivity index (χ3n) is 3.96. The number of rotatable bonds is 2.